The second kappa shape index (κ2) is 5.13. The number of hydrogen-bond acceptors (Lipinski definition) is 1. The van der Waals surface area contributed by atoms with Crippen molar-refractivity contribution in [1.82, 2.24) is 4.98 Å². The standard InChI is InChI=1S/C16H18F3N2/c1-9-8-13(16(17,18)19)6-7-14(9)15-11(3)20-10(2)12(4)21(15)5/h6-8H,1-5H3/q+1. The summed E-state index contributed by atoms with van der Waals surface area (Å²) in [5.74, 6) is 0. The van der Waals surface area contributed by atoms with Crippen molar-refractivity contribution in [3.63, 3.8) is 0 Å². The van der Waals surface area contributed by atoms with Crippen LogP contribution in [-0.2, 0) is 13.2 Å². The molecule has 2 aromatic rings. The van der Waals surface area contributed by atoms with Crippen LogP contribution >= 0.6 is 0 Å². The molecular weight excluding hydrogens is 277 g/mol. The van der Waals surface area contributed by atoms with Gasteiger partial charge in [0, 0.05) is 6.92 Å². The minimum Gasteiger partial charge on any atom is -0.245 e. The Labute approximate surface area is 122 Å². The van der Waals surface area contributed by atoms with Crippen LogP contribution in [-0.4, -0.2) is 4.98 Å². The Morgan fingerprint density at radius 3 is 2.14 bits per heavy atom. The summed E-state index contributed by atoms with van der Waals surface area (Å²) in [6.45, 7) is 7.44. The second-order valence-corrected chi connectivity index (χ2v) is 5.30. The van der Waals surface area contributed by atoms with Gasteiger partial charge in [0.15, 0.2) is 5.69 Å². The van der Waals surface area contributed by atoms with E-state index in [1.807, 2.05) is 32.4 Å². The van der Waals surface area contributed by atoms with Crippen LogP contribution in [0.1, 0.15) is 28.2 Å². The van der Waals surface area contributed by atoms with Gasteiger partial charge >= 0.3 is 6.18 Å². The summed E-state index contributed by atoms with van der Waals surface area (Å²) < 4.78 is 40.3. The summed E-state index contributed by atoms with van der Waals surface area (Å²) in [5, 5.41) is 0. The van der Waals surface area contributed by atoms with E-state index in [2.05, 4.69) is 4.98 Å². The molecule has 0 spiro atoms. The molecule has 1 aromatic heterocycles. The van der Waals surface area contributed by atoms with Crippen LogP contribution < -0.4 is 4.57 Å². The Morgan fingerprint density at radius 2 is 1.62 bits per heavy atom. The lowest BCUT2D eigenvalue weighted by Gasteiger charge is -2.12. The first-order valence-electron chi connectivity index (χ1n) is 6.65. The molecule has 0 atom stereocenters. The molecule has 0 unspecified atom stereocenters. The molecular formula is C16H18F3N2+. The van der Waals surface area contributed by atoms with E-state index in [9.17, 15) is 13.2 Å². The maximum atomic E-state index is 12.8. The zero-order chi connectivity index (χ0) is 15.9. The molecule has 2 nitrogen and oxygen atoms in total. The molecule has 0 saturated carbocycles. The van der Waals surface area contributed by atoms with E-state index < -0.39 is 11.7 Å². The predicted octanol–water partition coefficient (Wildman–Crippen LogP) is 3.83. The topological polar surface area (TPSA) is 16.8 Å². The van der Waals surface area contributed by atoms with Crippen molar-refractivity contribution >= 4 is 0 Å². The van der Waals surface area contributed by atoms with Gasteiger partial charge in [-0.2, -0.15) is 17.7 Å². The molecule has 0 amide bonds. The first kappa shape index (κ1) is 15.5. The molecule has 112 valence electrons. The van der Waals surface area contributed by atoms with Crippen molar-refractivity contribution in [3.05, 3.63) is 46.4 Å². The van der Waals surface area contributed by atoms with Crippen LogP contribution in [0.3, 0.4) is 0 Å². The van der Waals surface area contributed by atoms with Crippen LogP contribution in [0.5, 0.6) is 0 Å². The molecule has 5 heteroatoms. The quantitative estimate of drug-likeness (QED) is 0.731. The number of aryl methyl sites for hydroxylation is 3. The van der Waals surface area contributed by atoms with Crippen LogP contribution in [0.25, 0.3) is 11.3 Å². The number of hydrogen-bond donors (Lipinski definition) is 0. The lowest BCUT2D eigenvalue weighted by Crippen LogP contribution is -2.37. The van der Waals surface area contributed by atoms with Gasteiger partial charge in [-0.05, 0) is 44.5 Å². The minimum atomic E-state index is -4.32. The fraction of sp³-hybridized carbons (Fsp3) is 0.375. The van der Waals surface area contributed by atoms with Crippen molar-refractivity contribution in [3.8, 4) is 11.3 Å². The van der Waals surface area contributed by atoms with Gasteiger partial charge in [-0.3, -0.25) is 0 Å². The molecule has 0 aliphatic rings. The molecule has 0 saturated heterocycles. The maximum Gasteiger partial charge on any atom is 0.416 e. The van der Waals surface area contributed by atoms with E-state index >= 15 is 0 Å². The average Bonchev–Trinajstić information content (AvgIpc) is 2.37. The molecule has 0 bridgehead atoms. The Balaban J connectivity index is 2.67. The highest BCUT2D eigenvalue weighted by Crippen LogP contribution is 2.33. The number of halogens is 3. The third-order valence-corrected chi connectivity index (χ3v) is 3.85. The van der Waals surface area contributed by atoms with Crippen LogP contribution in [0, 0.1) is 27.7 Å². The second-order valence-electron chi connectivity index (χ2n) is 5.30. The summed E-state index contributed by atoms with van der Waals surface area (Å²) in [5.41, 5.74) is 4.32. The normalized spacial score (nSPS) is 11.8. The highest BCUT2D eigenvalue weighted by Gasteiger charge is 2.31. The molecule has 0 N–H and O–H groups in total. The molecule has 0 aliphatic carbocycles. The zero-order valence-corrected chi connectivity index (χ0v) is 12.8. The van der Waals surface area contributed by atoms with E-state index in [1.165, 1.54) is 12.1 Å². The van der Waals surface area contributed by atoms with Crippen LogP contribution in [0.4, 0.5) is 13.2 Å². The van der Waals surface area contributed by atoms with Crippen molar-refractivity contribution in [1.29, 1.82) is 0 Å². The Kier molecular flexibility index (Phi) is 3.78. The van der Waals surface area contributed by atoms with Crippen molar-refractivity contribution in [2.45, 2.75) is 33.9 Å². The lowest BCUT2D eigenvalue weighted by atomic mass is 10.00. The van der Waals surface area contributed by atoms with Gasteiger partial charge in [0.2, 0.25) is 5.69 Å². The minimum absolute atomic E-state index is 0.591. The third kappa shape index (κ3) is 2.77. The molecule has 0 radical (unpaired) electrons. The first-order valence-corrected chi connectivity index (χ1v) is 6.65. The number of rotatable bonds is 1. The predicted molar refractivity (Wildman–Crippen MR) is 74.8 cm³/mol. The van der Waals surface area contributed by atoms with Gasteiger partial charge in [-0.15, -0.1) is 0 Å². The van der Waals surface area contributed by atoms with E-state index in [1.54, 1.807) is 6.92 Å². The fourth-order valence-corrected chi connectivity index (χ4v) is 2.52. The summed E-state index contributed by atoms with van der Waals surface area (Å²) in [4.78, 5) is 4.48. The summed E-state index contributed by atoms with van der Waals surface area (Å²) in [7, 11) is 1.91. The van der Waals surface area contributed by atoms with Crippen molar-refractivity contribution < 1.29 is 17.7 Å². The highest BCUT2D eigenvalue weighted by atomic mass is 19.4. The van der Waals surface area contributed by atoms with Gasteiger partial charge in [0.05, 0.1) is 11.1 Å². The number of aromatic nitrogens is 2. The highest BCUT2D eigenvalue weighted by molar-refractivity contribution is 5.63. The molecule has 1 heterocycles. The molecule has 1 aromatic carbocycles. The van der Waals surface area contributed by atoms with Gasteiger partial charge in [0.25, 0.3) is 0 Å². The summed E-state index contributed by atoms with van der Waals surface area (Å²) in [6.07, 6.45) is -4.32. The largest absolute Gasteiger partial charge is 0.416 e. The van der Waals surface area contributed by atoms with Gasteiger partial charge in [0.1, 0.15) is 18.4 Å². The van der Waals surface area contributed by atoms with Gasteiger partial charge in [-0.25, -0.2) is 4.98 Å². The number of alkyl halides is 3. The number of nitrogens with zero attached hydrogens (tertiary/aromatic N) is 2. The van der Waals surface area contributed by atoms with E-state index in [-0.39, 0.29) is 0 Å². The maximum absolute atomic E-state index is 12.8. The van der Waals surface area contributed by atoms with Gasteiger partial charge in [-0.1, -0.05) is 0 Å². The van der Waals surface area contributed by atoms with Crippen molar-refractivity contribution in [2.24, 2.45) is 7.05 Å². The first-order chi connectivity index (χ1) is 9.62. The van der Waals surface area contributed by atoms with E-state index in [4.69, 9.17) is 0 Å². The zero-order valence-electron chi connectivity index (χ0n) is 12.8. The lowest BCUT2D eigenvalue weighted by molar-refractivity contribution is -0.667. The molecule has 0 fully saturated rings. The molecule has 2 rings (SSSR count). The fourth-order valence-electron chi connectivity index (χ4n) is 2.52. The van der Waals surface area contributed by atoms with E-state index in [0.717, 1.165) is 34.4 Å². The monoisotopic (exact) mass is 295 g/mol. The molecule has 21 heavy (non-hydrogen) atoms. The Hall–Kier alpha value is -1.91. The molecule has 0 aliphatic heterocycles. The average molecular weight is 295 g/mol. The Bertz CT molecular complexity index is 704. The van der Waals surface area contributed by atoms with Crippen LogP contribution in [0.2, 0.25) is 0 Å². The Morgan fingerprint density at radius 1 is 1.00 bits per heavy atom. The smallest absolute Gasteiger partial charge is 0.245 e. The number of benzene rings is 1. The van der Waals surface area contributed by atoms with Crippen LogP contribution in [0.15, 0.2) is 18.2 Å². The third-order valence-electron chi connectivity index (χ3n) is 3.85. The van der Waals surface area contributed by atoms with Gasteiger partial charge < -0.3 is 0 Å². The van der Waals surface area contributed by atoms with E-state index in [0.29, 0.717) is 5.56 Å². The van der Waals surface area contributed by atoms with Crippen molar-refractivity contribution in [2.75, 3.05) is 0 Å². The summed E-state index contributed by atoms with van der Waals surface area (Å²) >= 11 is 0. The summed E-state index contributed by atoms with van der Waals surface area (Å²) in [6, 6.07) is 3.83. The SMILES string of the molecule is Cc1cc(C(F)(F)F)ccc1-c1c(C)nc(C)c(C)[n+]1C.